The Morgan fingerprint density at radius 1 is 1.00 bits per heavy atom. The van der Waals surface area contributed by atoms with Crippen molar-refractivity contribution >= 4 is 22.2 Å². The number of amidine groups is 1. The number of hydrogen-bond donors (Lipinski definition) is 0. The van der Waals surface area contributed by atoms with Gasteiger partial charge >= 0.3 is 0 Å². The molecule has 2 aromatic carbocycles. The summed E-state index contributed by atoms with van der Waals surface area (Å²) in [5.41, 5.74) is 1.26. The summed E-state index contributed by atoms with van der Waals surface area (Å²) in [5.74, 6) is 0.888. The van der Waals surface area contributed by atoms with E-state index in [0.717, 1.165) is 17.6 Å². The second-order valence-electron chi connectivity index (χ2n) is 4.31. The average Bonchev–Trinajstić information content (AvgIpc) is 2.77. The molecule has 0 bridgehead atoms. The van der Waals surface area contributed by atoms with E-state index in [1.807, 2.05) is 6.20 Å². The largest absolute Gasteiger partial charge is 0.237 e. The van der Waals surface area contributed by atoms with E-state index in [1.54, 1.807) is 0 Å². The molecule has 80 valence electrons. The summed E-state index contributed by atoms with van der Waals surface area (Å²) >= 11 is 0. The van der Waals surface area contributed by atoms with Gasteiger partial charge < -0.3 is 0 Å². The molecule has 2 aliphatic heterocycles. The molecule has 2 aromatic rings. The number of benzene rings is 2. The van der Waals surface area contributed by atoms with Gasteiger partial charge in [-0.2, -0.15) is 0 Å². The molecule has 0 aliphatic carbocycles. The van der Waals surface area contributed by atoms with Gasteiger partial charge in [0.2, 0.25) is 0 Å². The fourth-order valence-electron chi connectivity index (χ4n) is 2.56. The van der Waals surface area contributed by atoms with Crippen molar-refractivity contribution in [3.05, 3.63) is 59.3 Å². The highest BCUT2D eigenvalue weighted by Gasteiger charge is 2.16. The lowest BCUT2D eigenvalue weighted by Gasteiger charge is -2.03. The summed E-state index contributed by atoms with van der Waals surface area (Å²) in [5, 5.41) is 4.88. The molecule has 0 aromatic heterocycles. The molecule has 0 saturated heterocycles. The van der Waals surface area contributed by atoms with Crippen LogP contribution in [-0.2, 0) is 0 Å². The molecule has 4 rings (SSSR count). The van der Waals surface area contributed by atoms with Crippen LogP contribution in [0.5, 0.6) is 0 Å². The van der Waals surface area contributed by atoms with Gasteiger partial charge in [0.1, 0.15) is 0 Å². The summed E-state index contributed by atoms with van der Waals surface area (Å²) in [4.78, 5) is 8.93. The maximum atomic E-state index is 4.59. The number of allylic oxidation sites excluding steroid dienone is 1. The van der Waals surface area contributed by atoms with Crippen LogP contribution >= 0.6 is 0 Å². The van der Waals surface area contributed by atoms with Gasteiger partial charge in [0.05, 0.1) is 5.36 Å². The second kappa shape index (κ2) is 3.14. The molecule has 0 amide bonds. The van der Waals surface area contributed by atoms with Crippen molar-refractivity contribution in [3.63, 3.8) is 0 Å². The van der Waals surface area contributed by atoms with E-state index < -0.39 is 0 Å². The summed E-state index contributed by atoms with van der Waals surface area (Å²) in [7, 11) is 0. The van der Waals surface area contributed by atoms with Crippen molar-refractivity contribution in [2.75, 3.05) is 0 Å². The van der Waals surface area contributed by atoms with Crippen LogP contribution in [0.15, 0.2) is 58.7 Å². The number of aliphatic imine (C=N–C) groups is 1. The van der Waals surface area contributed by atoms with E-state index in [4.69, 9.17) is 0 Å². The van der Waals surface area contributed by atoms with Gasteiger partial charge in [0.25, 0.3) is 0 Å². The summed E-state index contributed by atoms with van der Waals surface area (Å²) < 4.78 is 0. The SMILES string of the molecule is C1=CN=C2N=c3ccc4ccccc4c3=C2C1. The minimum atomic E-state index is 0.888. The molecule has 17 heavy (non-hydrogen) atoms. The molecule has 0 fully saturated rings. The zero-order valence-corrected chi connectivity index (χ0v) is 9.22. The summed E-state index contributed by atoms with van der Waals surface area (Å²) in [6.45, 7) is 0. The van der Waals surface area contributed by atoms with Crippen LogP contribution in [0, 0.1) is 0 Å². The predicted molar refractivity (Wildman–Crippen MR) is 69.3 cm³/mol. The van der Waals surface area contributed by atoms with Gasteiger partial charge in [0, 0.05) is 17.0 Å². The topological polar surface area (TPSA) is 24.7 Å². The minimum Gasteiger partial charge on any atom is -0.237 e. The monoisotopic (exact) mass is 218 g/mol. The van der Waals surface area contributed by atoms with Crippen LogP contribution in [-0.4, -0.2) is 5.84 Å². The standard InChI is InChI=1S/C15H10N2/c1-2-5-11-10(4-1)7-8-13-14(11)12-6-3-9-16-15(12)17-13/h1-5,7-9H,6H2. The first-order valence-corrected chi connectivity index (χ1v) is 5.76. The fourth-order valence-corrected chi connectivity index (χ4v) is 2.56. The van der Waals surface area contributed by atoms with Crippen molar-refractivity contribution in [3.8, 4) is 0 Å². The lowest BCUT2D eigenvalue weighted by atomic mass is 10.0. The Balaban J connectivity index is 2.29. The van der Waals surface area contributed by atoms with Gasteiger partial charge in [-0.1, -0.05) is 36.4 Å². The summed E-state index contributed by atoms with van der Waals surface area (Å²) in [6.07, 6.45) is 4.87. The molecular weight excluding hydrogens is 208 g/mol. The van der Waals surface area contributed by atoms with Gasteiger partial charge in [-0.15, -0.1) is 0 Å². The van der Waals surface area contributed by atoms with E-state index in [-0.39, 0.29) is 0 Å². The molecule has 0 N–H and O–H groups in total. The van der Waals surface area contributed by atoms with Gasteiger partial charge in [-0.25, -0.2) is 9.98 Å². The highest BCUT2D eigenvalue weighted by molar-refractivity contribution is 6.21. The van der Waals surface area contributed by atoms with Crippen LogP contribution in [0.4, 0.5) is 0 Å². The molecule has 2 heteroatoms. The molecule has 2 heterocycles. The van der Waals surface area contributed by atoms with Gasteiger partial charge in [-0.05, 0) is 23.3 Å². The Bertz CT molecular complexity index is 810. The number of rotatable bonds is 0. The second-order valence-corrected chi connectivity index (χ2v) is 4.31. The van der Waals surface area contributed by atoms with E-state index in [1.165, 1.54) is 21.6 Å². The number of nitrogens with zero attached hydrogens (tertiary/aromatic N) is 2. The van der Waals surface area contributed by atoms with Crippen LogP contribution in [0.3, 0.4) is 0 Å². The highest BCUT2D eigenvalue weighted by Crippen LogP contribution is 2.16. The maximum absolute atomic E-state index is 4.59. The molecular formula is C15H10N2. The van der Waals surface area contributed by atoms with E-state index in [2.05, 4.69) is 52.5 Å². The lowest BCUT2D eigenvalue weighted by molar-refractivity contribution is 1.33. The Hall–Kier alpha value is -2.22. The molecule has 0 spiro atoms. The highest BCUT2D eigenvalue weighted by atomic mass is 14.9. The van der Waals surface area contributed by atoms with Gasteiger partial charge in [0.15, 0.2) is 5.84 Å². The van der Waals surface area contributed by atoms with E-state index in [0.29, 0.717) is 0 Å². The van der Waals surface area contributed by atoms with Crippen LogP contribution in [0.25, 0.3) is 16.3 Å². The Kier molecular flexibility index (Phi) is 1.64. The first-order chi connectivity index (χ1) is 8.43. The molecule has 0 saturated carbocycles. The third-order valence-corrected chi connectivity index (χ3v) is 3.33. The molecule has 0 radical (unpaired) electrons. The van der Waals surface area contributed by atoms with Crippen molar-refractivity contribution < 1.29 is 0 Å². The minimum absolute atomic E-state index is 0.888. The van der Waals surface area contributed by atoms with Crippen molar-refractivity contribution in [1.82, 2.24) is 0 Å². The quantitative estimate of drug-likeness (QED) is 0.645. The Morgan fingerprint density at radius 2 is 1.94 bits per heavy atom. The zero-order chi connectivity index (χ0) is 11.2. The van der Waals surface area contributed by atoms with Crippen molar-refractivity contribution in [2.45, 2.75) is 6.42 Å². The number of fused-ring (bicyclic) bond motifs is 4. The molecule has 2 aliphatic rings. The van der Waals surface area contributed by atoms with Crippen LogP contribution in [0.2, 0.25) is 0 Å². The first-order valence-electron chi connectivity index (χ1n) is 5.76. The first kappa shape index (κ1) is 8.88. The van der Waals surface area contributed by atoms with Crippen molar-refractivity contribution in [2.24, 2.45) is 9.98 Å². The Morgan fingerprint density at radius 3 is 2.94 bits per heavy atom. The van der Waals surface area contributed by atoms with Crippen molar-refractivity contribution in [1.29, 1.82) is 0 Å². The average molecular weight is 218 g/mol. The third kappa shape index (κ3) is 1.15. The maximum Gasteiger partial charge on any atom is 0.156 e. The molecule has 0 unspecified atom stereocenters. The molecule has 2 nitrogen and oxygen atoms in total. The van der Waals surface area contributed by atoms with E-state index in [9.17, 15) is 0 Å². The normalized spacial score (nSPS) is 16.5. The fraction of sp³-hybridized carbons (Fsp3) is 0.0667. The lowest BCUT2D eigenvalue weighted by Crippen LogP contribution is -2.23. The Labute approximate surface area is 98.3 Å². The molecule has 0 atom stereocenters. The van der Waals surface area contributed by atoms with Crippen LogP contribution in [0.1, 0.15) is 6.42 Å². The van der Waals surface area contributed by atoms with Gasteiger partial charge in [-0.3, -0.25) is 0 Å². The van der Waals surface area contributed by atoms with E-state index >= 15 is 0 Å². The third-order valence-electron chi connectivity index (χ3n) is 3.33. The summed E-state index contributed by atoms with van der Waals surface area (Å²) in [6, 6.07) is 12.7. The smallest absolute Gasteiger partial charge is 0.156 e. The van der Waals surface area contributed by atoms with Crippen LogP contribution < -0.4 is 10.6 Å². The predicted octanol–water partition coefficient (Wildman–Crippen LogP) is 1.94. The zero-order valence-electron chi connectivity index (χ0n) is 9.22. The number of hydrogen-bond acceptors (Lipinski definition) is 2.